The first-order valence-electron chi connectivity index (χ1n) is 13.9. The van der Waals surface area contributed by atoms with E-state index in [0.717, 1.165) is 30.4 Å². The topological polar surface area (TPSA) is 54.4 Å². The first-order valence-corrected chi connectivity index (χ1v) is 16.9. The van der Waals surface area contributed by atoms with E-state index < -0.39 is 13.7 Å². The molecule has 0 bridgehead atoms. The van der Waals surface area contributed by atoms with Crippen LogP contribution in [0.1, 0.15) is 96.1 Å². The summed E-state index contributed by atoms with van der Waals surface area (Å²) in [5.74, 6) is 4.87. The fourth-order valence-corrected chi connectivity index (χ4v) is 8.22. The highest BCUT2D eigenvalue weighted by atomic mass is 28.3. The number of rotatable bonds is 1. The van der Waals surface area contributed by atoms with E-state index in [9.17, 15) is 14.7 Å². The number of ketones is 2. The molecule has 1 aromatic carbocycles. The van der Waals surface area contributed by atoms with Gasteiger partial charge in [-0.1, -0.05) is 64.4 Å². The second-order valence-electron chi connectivity index (χ2n) is 13.8. The average Bonchev–Trinajstić information content (AvgIpc) is 3.10. The number of carbonyl (C=O) groups is 2. The summed E-state index contributed by atoms with van der Waals surface area (Å²) in [6, 6.07) is 8.69. The summed E-state index contributed by atoms with van der Waals surface area (Å²) < 4.78 is 0. The van der Waals surface area contributed by atoms with Crippen molar-refractivity contribution in [1.82, 2.24) is 0 Å². The molecule has 1 N–H and O–H groups in total. The summed E-state index contributed by atoms with van der Waals surface area (Å²) in [5, 5.41) is 11.8. The van der Waals surface area contributed by atoms with Gasteiger partial charge in [0.25, 0.3) is 0 Å². The summed E-state index contributed by atoms with van der Waals surface area (Å²) >= 11 is 0. The molecule has 1 aromatic rings. The third-order valence-corrected chi connectivity index (χ3v) is 15.2. The number of hydrogen-bond donors (Lipinski definition) is 1. The summed E-state index contributed by atoms with van der Waals surface area (Å²) in [4.78, 5) is 25.5. The number of aliphatic hydroxyl groups is 1. The van der Waals surface area contributed by atoms with Crippen LogP contribution in [-0.4, -0.2) is 30.3 Å². The van der Waals surface area contributed by atoms with Crippen molar-refractivity contribution in [3.8, 4) is 11.5 Å². The van der Waals surface area contributed by atoms with Crippen molar-refractivity contribution in [2.24, 2.45) is 17.3 Å². The van der Waals surface area contributed by atoms with Gasteiger partial charge in [-0.05, 0) is 72.2 Å². The Morgan fingerprint density at radius 1 is 1.03 bits per heavy atom. The predicted molar refractivity (Wildman–Crippen MR) is 147 cm³/mol. The molecular weight excluding hydrogens is 460 g/mol. The summed E-state index contributed by atoms with van der Waals surface area (Å²) in [7, 11) is -1.68. The number of Topliss-reactive ketones (excluding diaryl/α,β-unsaturated/α-hetero) is 2. The highest BCUT2D eigenvalue weighted by molar-refractivity contribution is 6.87. The third-order valence-electron chi connectivity index (χ3n) is 10.7. The quantitative estimate of drug-likeness (QED) is 0.263. The van der Waals surface area contributed by atoms with E-state index >= 15 is 0 Å². The van der Waals surface area contributed by atoms with Gasteiger partial charge in [-0.25, -0.2) is 0 Å². The van der Waals surface area contributed by atoms with Crippen molar-refractivity contribution in [2.75, 3.05) is 0 Å². The third kappa shape index (κ3) is 4.07. The average molecular weight is 503 g/mol. The van der Waals surface area contributed by atoms with Gasteiger partial charge < -0.3 is 5.11 Å². The van der Waals surface area contributed by atoms with Crippen LogP contribution in [-0.2, 0) is 9.59 Å². The second kappa shape index (κ2) is 8.53. The fourth-order valence-electron chi connectivity index (χ4n) is 7.38. The van der Waals surface area contributed by atoms with E-state index in [1.807, 2.05) is 0 Å². The minimum atomic E-state index is -1.68. The number of benzene rings is 1. The Kier molecular flexibility index (Phi) is 6.09. The van der Waals surface area contributed by atoms with E-state index in [1.54, 1.807) is 0 Å². The lowest BCUT2D eigenvalue weighted by Crippen LogP contribution is -2.49. The molecule has 3 saturated carbocycles. The van der Waals surface area contributed by atoms with Crippen molar-refractivity contribution in [3.63, 3.8) is 0 Å². The van der Waals surface area contributed by atoms with Crippen LogP contribution in [0.15, 0.2) is 35.4 Å². The molecule has 0 heterocycles. The standard InChI is InChI=1S/C32H42O3Si/c1-30(2,3)36(5,6)18-16-21-7-9-22(10-8-21)25-20-31(4)26(13-14-28(31)34)24-15-17-32(35)19-23(33)11-12-27(32)29(24)25/h7-10,24-26,35H,11-15,17,19-20H2,1-6H3/t24-,25?,26-,31-,32?/m0/s1. The molecule has 0 radical (unpaired) electrons. The molecule has 4 aliphatic rings. The van der Waals surface area contributed by atoms with Crippen molar-refractivity contribution in [3.05, 3.63) is 46.5 Å². The first-order chi connectivity index (χ1) is 16.8. The molecule has 0 aliphatic heterocycles. The number of hydrogen-bond acceptors (Lipinski definition) is 3. The molecule has 5 atom stereocenters. The van der Waals surface area contributed by atoms with Crippen LogP contribution in [0, 0.1) is 28.7 Å². The molecule has 4 aliphatic carbocycles. The largest absolute Gasteiger partial charge is 0.385 e. The van der Waals surface area contributed by atoms with Gasteiger partial charge in [0.15, 0.2) is 0 Å². The second-order valence-corrected chi connectivity index (χ2v) is 18.8. The molecule has 4 heteroatoms. The first kappa shape index (κ1) is 25.7. The van der Waals surface area contributed by atoms with Gasteiger partial charge in [0.1, 0.15) is 19.6 Å². The molecule has 36 heavy (non-hydrogen) atoms. The van der Waals surface area contributed by atoms with E-state index in [-0.39, 0.29) is 28.6 Å². The lowest BCUT2D eigenvalue weighted by atomic mass is 9.51. The van der Waals surface area contributed by atoms with Gasteiger partial charge in [0, 0.05) is 36.2 Å². The number of carbonyl (C=O) groups excluding carboxylic acids is 2. The summed E-state index contributed by atoms with van der Waals surface area (Å²) in [6.07, 6.45) is 5.44. The fraction of sp³-hybridized carbons (Fsp3) is 0.625. The smallest absolute Gasteiger partial charge is 0.139 e. The van der Waals surface area contributed by atoms with Gasteiger partial charge in [-0.15, -0.1) is 5.54 Å². The van der Waals surface area contributed by atoms with Crippen molar-refractivity contribution < 1.29 is 14.7 Å². The van der Waals surface area contributed by atoms with Gasteiger partial charge in [0.2, 0.25) is 0 Å². The van der Waals surface area contributed by atoms with E-state index in [0.29, 0.717) is 43.3 Å². The Labute approximate surface area is 218 Å². The zero-order chi connectivity index (χ0) is 26.1. The summed E-state index contributed by atoms with van der Waals surface area (Å²) in [6.45, 7) is 13.7. The molecule has 5 rings (SSSR count). The van der Waals surface area contributed by atoms with E-state index in [4.69, 9.17) is 0 Å². The number of allylic oxidation sites excluding steroid dienone is 1. The molecule has 0 saturated heterocycles. The van der Waals surface area contributed by atoms with Crippen LogP contribution >= 0.6 is 0 Å². The van der Waals surface area contributed by atoms with E-state index in [2.05, 4.69) is 76.5 Å². The highest BCUT2D eigenvalue weighted by Gasteiger charge is 2.58. The molecule has 2 unspecified atom stereocenters. The van der Waals surface area contributed by atoms with Crippen LogP contribution < -0.4 is 0 Å². The van der Waals surface area contributed by atoms with E-state index in [1.165, 1.54) is 11.1 Å². The minimum Gasteiger partial charge on any atom is -0.385 e. The maximum absolute atomic E-state index is 13.2. The van der Waals surface area contributed by atoms with Crippen LogP contribution in [0.5, 0.6) is 0 Å². The Balaban J connectivity index is 1.55. The SMILES string of the molecule is CC(C)(C)[Si](C)(C)C#Cc1ccc(C2C[C@]3(C)C(=O)CC[C@H]3[C@@H]3CCC4(O)CC(=O)CCC4=C23)cc1. The number of fused-ring (bicyclic) bond motifs is 4. The molecule has 3 fully saturated rings. The molecule has 0 amide bonds. The van der Waals surface area contributed by atoms with Crippen LogP contribution in [0.2, 0.25) is 18.1 Å². The van der Waals surface area contributed by atoms with Gasteiger partial charge >= 0.3 is 0 Å². The van der Waals surface area contributed by atoms with Gasteiger partial charge in [-0.3, -0.25) is 9.59 Å². The molecular formula is C32H42O3Si. The molecule has 0 aromatic heterocycles. The molecule has 0 spiro atoms. The van der Waals surface area contributed by atoms with Gasteiger partial charge in [0.05, 0.1) is 5.60 Å². The summed E-state index contributed by atoms with van der Waals surface area (Å²) in [5.41, 5.74) is 7.11. The predicted octanol–water partition coefficient (Wildman–Crippen LogP) is 6.75. The molecule has 3 nitrogen and oxygen atoms in total. The Hall–Kier alpha value is -1.96. The van der Waals surface area contributed by atoms with Crippen molar-refractivity contribution >= 4 is 19.6 Å². The normalized spacial score (nSPS) is 34.5. The molecule has 192 valence electrons. The Bertz CT molecular complexity index is 1190. The highest BCUT2D eigenvalue weighted by Crippen LogP contribution is 2.63. The van der Waals surface area contributed by atoms with Crippen LogP contribution in [0.4, 0.5) is 0 Å². The zero-order valence-electron chi connectivity index (χ0n) is 23.0. The zero-order valence-corrected chi connectivity index (χ0v) is 24.0. The van der Waals surface area contributed by atoms with Crippen LogP contribution in [0.3, 0.4) is 0 Å². The maximum Gasteiger partial charge on any atom is 0.139 e. The minimum absolute atomic E-state index is 0.121. The lowest BCUT2D eigenvalue weighted by molar-refractivity contribution is -0.129. The van der Waals surface area contributed by atoms with Crippen LogP contribution in [0.25, 0.3) is 0 Å². The van der Waals surface area contributed by atoms with Crippen molar-refractivity contribution in [2.45, 2.75) is 109 Å². The van der Waals surface area contributed by atoms with Gasteiger partial charge in [-0.2, -0.15) is 0 Å². The monoisotopic (exact) mass is 502 g/mol. The van der Waals surface area contributed by atoms with Crippen molar-refractivity contribution in [1.29, 1.82) is 0 Å². The Morgan fingerprint density at radius 3 is 2.39 bits per heavy atom. The lowest BCUT2D eigenvalue weighted by Gasteiger charge is -2.53. The maximum atomic E-state index is 13.2. The Morgan fingerprint density at radius 2 is 1.72 bits per heavy atom.